The van der Waals surface area contributed by atoms with E-state index in [1.807, 2.05) is 50.5 Å². The Kier molecular flexibility index (Phi) is 7.40. The summed E-state index contributed by atoms with van der Waals surface area (Å²) < 4.78 is 0. The highest BCUT2D eigenvalue weighted by molar-refractivity contribution is 6.11. The zero-order valence-electron chi connectivity index (χ0n) is 19.3. The van der Waals surface area contributed by atoms with Gasteiger partial charge in [0.25, 0.3) is 0 Å². The Balaban J connectivity index is 2.09. The fourth-order valence-electron chi connectivity index (χ4n) is 3.88. The topological polar surface area (TPSA) is 44.6 Å². The fourth-order valence-corrected chi connectivity index (χ4v) is 3.88. The van der Waals surface area contributed by atoms with Crippen molar-refractivity contribution in [2.45, 2.75) is 20.3 Å². The number of rotatable bonds is 7. The second kappa shape index (κ2) is 10.2. The number of aromatic nitrogens is 2. The van der Waals surface area contributed by atoms with Gasteiger partial charge in [-0.2, -0.15) is 0 Å². The van der Waals surface area contributed by atoms with Crippen molar-refractivity contribution in [1.29, 1.82) is 0 Å². The lowest BCUT2D eigenvalue weighted by Crippen LogP contribution is -2.22. The zero-order valence-corrected chi connectivity index (χ0v) is 19.3. The van der Waals surface area contributed by atoms with Crippen LogP contribution < -0.4 is 4.90 Å². The first-order chi connectivity index (χ1) is 15.0. The van der Waals surface area contributed by atoms with E-state index in [0.717, 1.165) is 52.6 Å². The molecule has 1 unspecified atom stereocenters. The van der Waals surface area contributed by atoms with Crippen molar-refractivity contribution in [3.8, 4) is 11.4 Å². The van der Waals surface area contributed by atoms with Gasteiger partial charge in [-0.05, 0) is 36.5 Å². The molecule has 0 amide bonds. The standard InChI is InChI=1S/C26H33N5/c1-7-20(15-27-4)24-16-28-25(29-26(24)31-13-12-19(3)17-31)23-11-9-10-22(14-23)21(8-2)18-30(5)6/h7-11,14-16,18-19H,2,12-13,17H2,1,3-6H3/b20-7+,21-18+,27-15?. The Morgan fingerprint density at radius 3 is 2.71 bits per heavy atom. The van der Waals surface area contributed by atoms with Gasteiger partial charge in [-0.15, -0.1) is 0 Å². The first-order valence-electron chi connectivity index (χ1n) is 10.8. The molecule has 0 aliphatic carbocycles. The van der Waals surface area contributed by atoms with E-state index in [4.69, 9.17) is 9.97 Å². The Morgan fingerprint density at radius 2 is 2.10 bits per heavy atom. The molecule has 5 heteroatoms. The van der Waals surface area contributed by atoms with Crippen molar-refractivity contribution in [3.05, 3.63) is 66.5 Å². The summed E-state index contributed by atoms with van der Waals surface area (Å²) in [6.07, 6.45) is 11.0. The van der Waals surface area contributed by atoms with Crippen LogP contribution in [0.5, 0.6) is 0 Å². The number of benzene rings is 1. The minimum absolute atomic E-state index is 0.662. The van der Waals surface area contributed by atoms with Gasteiger partial charge >= 0.3 is 0 Å². The normalized spacial score (nSPS) is 17.5. The van der Waals surface area contributed by atoms with Crippen molar-refractivity contribution in [3.63, 3.8) is 0 Å². The van der Waals surface area contributed by atoms with Gasteiger partial charge in [0.2, 0.25) is 0 Å². The molecule has 2 heterocycles. The quantitative estimate of drug-likeness (QED) is 0.462. The summed E-state index contributed by atoms with van der Waals surface area (Å²) in [6.45, 7) is 10.3. The van der Waals surface area contributed by atoms with E-state index in [1.54, 1.807) is 7.05 Å². The minimum atomic E-state index is 0.662. The summed E-state index contributed by atoms with van der Waals surface area (Å²) in [5, 5.41) is 0. The third-order valence-corrected chi connectivity index (χ3v) is 5.45. The summed E-state index contributed by atoms with van der Waals surface area (Å²) in [5.74, 6) is 2.38. The summed E-state index contributed by atoms with van der Waals surface area (Å²) in [5.41, 5.74) is 5.22. The van der Waals surface area contributed by atoms with Crippen molar-refractivity contribution in [1.82, 2.24) is 14.9 Å². The molecule has 0 radical (unpaired) electrons. The van der Waals surface area contributed by atoms with E-state index in [2.05, 4.69) is 53.9 Å². The van der Waals surface area contributed by atoms with Crippen LogP contribution in [0.3, 0.4) is 0 Å². The van der Waals surface area contributed by atoms with Crippen LogP contribution in [-0.2, 0) is 0 Å². The van der Waals surface area contributed by atoms with Gasteiger partial charge in [-0.25, -0.2) is 9.97 Å². The molecule has 1 aliphatic heterocycles. The van der Waals surface area contributed by atoms with Gasteiger partial charge in [0.15, 0.2) is 5.82 Å². The van der Waals surface area contributed by atoms with E-state index >= 15 is 0 Å². The van der Waals surface area contributed by atoms with Crippen molar-refractivity contribution >= 4 is 23.2 Å². The summed E-state index contributed by atoms with van der Waals surface area (Å²) in [4.78, 5) is 18.4. The highest BCUT2D eigenvalue weighted by Crippen LogP contribution is 2.31. The van der Waals surface area contributed by atoms with E-state index in [-0.39, 0.29) is 0 Å². The summed E-state index contributed by atoms with van der Waals surface area (Å²) >= 11 is 0. The van der Waals surface area contributed by atoms with Crippen LogP contribution in [-0.4, -0.2) is 55.3 Å². The Hall–Kier alpha value is -3.21. The lowest BCUT2D eigenvalue weighted by molar-refractivity contribution is 0.566. The number of allylic oxidation sites excluding steroid dienone is 4. The molecule has 0 bridgehead atoms. The molecule has 162 valence electrons. The molecular formula is C26H33N5. The molecule has 5 nitrogen and oxygen atoms in total. The molecule has 1 aromatic heterocycles. The van der Waals surface area contributed by atoms with E-state index in [9.17, 15) is 0 Å². The van der Waals surface area contributed by atoms with Crippen LogP contribution in [0.4, 0.5) is 5.82 Å². The highest BCUT2D eigenvalue weighted by Gasteiger charge is 2.24. The van der Waals surface area contributed by atoms with Crippen LogP contribution in [0.25, 0.3) is 22.5 Å². The van der Waals surface area contributed by atoms with E-state index in [0.29, 0.717) is 5.92 Å². The number of anilines is 1. The summed E-state index contributed by atoms with van der Waals surface area (Å²) in [6, 6.07) is 8.34. The molecular weight excluding hydrogens is 382 g/mol. The molecule has 1 fully saturated rings. The second-order valence-corrected chi connectivity index (χ2v) is 8.24. The number of nitrogens with zero attached hydrogens (tertiary/aromatic N) is 5. The third-order valence-electron chi connectivity index (χ3n) is 5.45. The first-order valence-corrected chi connectivity index (χ1v) is 10.8. The highest BCUT2D eigenvalue weighted by atomic mass is 15.2. The maximum absolute atomic E-state index is 5.05. The van der Waals surface area contributed by atoms with Gasteiger partial charge in [0.05, 0.1) is 0 Å². The lowest BCUT2D eigenvalue weighted by Gasteiger charge is -2.21. The van der Waals surface area contributed by atoms with Gasteiger partial charge < -0.3 is 9.80 Å². The minimum Gasteiger partial charge on any atom is -0.383 e. The Morgan fingerprint density at radius 1 is 1.29 bits per heavy atom. The predicted octanol–water partition coefficient (Wildman–Crippen LogP) is 5.18. The molecule has 31 heavy (non-hydrogen) atoms. The van der Waals surface area contributed by atoms with Crippen molar-refractivity contribution in [2.24, 2.45) is 10.9 Å². The number of aliphatic imine (C=N–C) groups is 1. The van der Waals surface area contributed by atoms with Crippen molar-refractivity contribution < 1.29 is 0 Å². The third kappa shape index (κ3) is 5.29. The van der Waals surface area contributed by atoms with Crippen LogP contribution in [0, 0.1) is 5.92 Å². The lowest BCUT2D eigenvalue weighted by atomic mass is 10.0. The van der Waals surface area contributed by atoms with Gasteiger partial charge in [-0.1, -0.05) is 43.9 Å². The molecule has 2 aromatic rings. The Labute approximate surface area is 186 Å². The van der Waals surface area contributed by atoms with Crippen LogP contribution in [0.2, 0.25) is 0 Å². The van der Waals surface area contributed by atoms with Crippen LogP contribution >= 0.6 is 0 Å². The molecule has 1 atom stereocenters. The SMILES string of the molecule is C=C/C(=C\N(C)C)c1cccc(-c2ncc(/C(C=NC)=C/C)c(N3CCC(C)C3)n2)c1. The molecule has 3 rings (SSSR count). The van der Waals surface area contributed by atoms with Gasteiger partial charge in [-0.3, -0.25) is 4.99 Å². The molecule has 1 aliphatic rings. The number of hydrogen-bond acceptors (Lipinski definition) is 5. The largest absolute Gasteiger partial charge is 0.383 e. The van der Waals surface area contributed by atoms with E-state index in [1.165, 1.54) is 6.42 Å². The monoisotopic (exact) mass is 415 g/mol. The van der Waals surface area contributed by atoms with E-state index < -0.39 is 0 Å². The smallest absolute Gasteiger partial charge is 0.161 e. The number of hydrogen-bond donors (Lipinski definition) is 0. The average molecular weight is 416 g/mol. The average Bonchev–Trinajstić information content (AvgIpc) is 3.21. The van der Waals surface area contributed by atoms with Gasteiger partial charge in [0.1, 0.15) is 5.82 Å². The van der Waals surface area contributed by atoms with Crippen molar-refractivity contribution in [2.75, 3.05) is 39.1 Å². The maximum atomic E-state index is 5.05. The van der Waals surface area contributed by atoms with Crippen LogP contribution in [0.15, 0.2) is 60.4 Å². The molecule has 0 N–H and O–H groups in total. The predicted molar refractivity (Wildman–Crippen MR) is 133 cm³/mol. The molecule has 1 aromatic carbocycles. The molecule has 1 saturated heterocycles. The second-order valence-electron chi connectivity index (χ2n) is 8.24. The Bertz CT molecular complexity index is 1020. The van der Waals surface area contributed by atoms with Crippen LogP contribution in [0.1, 0.15) is 31.4 Å². The first kappa shape index (κ1) is 22.5. The molecule has 0 saturated carbocycles. The summed E-state index contributed by atoms with van der Waals surface area (Å²) in [7, 11) is 5.81. The fraction of sp³-hybridized carbons (Fsp3) is 0.346. The van der Waals surface area contributed by atoms with Gasteiger partial charge in [0, 0.05) is 69.5 Å². The maximum Gasteiger partial charge on any atom is 0.161 e. The molecule has 0 spiro atoms. The zero-order chi connectivity index (χ0) is 22.4.